The fraction of sp³-hybridized carbons (Fsp3) is 0.450. The van der Waals surface area contributed by atoms with E-state index in [0.29, 0.717) is 18.0 Å². The zero-order valence-corrected chi connectivity index (χ0v) is 15.5. The van der Waals surface area contributed by atoms with E-state index in [2.05, 4.69) is 34.7 Å². The predicted molar refractivity (Wildman–Crippen MR) is 103 cm³/mol. The fourth-order valence-electron chi connectivity index (χ4n) is 3.40. The second-order valence-corrected chi connectivity index (χ2v) is 7.68. The number of benzene rings is 1. The maximum Gasteiger partial charge on any atom is 0.251 e. The normalized spacial score (nSPS) is 18.2. The molecule has 0 aliphatic carbocycles. The highest BCUT2D eigenvalue weighted by atomic mass is 32.1. The predicted octanol–water partition coefficient (Wildman–Crippen LogP) is 3.16. The molecule has 0 spiro atoms. The Morgan fingerprint density at radius 1 is 1.40 bits per heavy atom. The van der Waals surface area contributed by atoms with Gasteiger partial charge in [0.25, 0.3) is 5.91 Å². The number of likely N-dealkylation sites (tertiary alicyclic amines) is 1. The van der Waals surface area contributed by atoms with Gasteiger partial charge < -0.3 is 15.3 Å². The van der Waals surface area contributed by atoms with Crippen LogP contribution in [0.5, 0.6) is 0 Å². The third-order valence-electron chi connectivity index (χ3n) is 4.82. The van der Waals surface area contributed by atoms with Crippen LogP contribution in [0.25, 0.3) is 10.4 Å². The number of hydrogen-bond acceptors (Lipinski definition) is 4. The molecule has 1 aliphatic rings. The van der Waals surface area contributed by atoms with E-state index >= 15 is 0 Å². The zero-order chi connectivity index (χ0) is 17.6. The lowest BCUT2D eigenvalue weighted by Crippen LogP contribution is -2.41. The van der Waals surface area contributed by atoms with Crippen LogP contribution in [0.1, 0.15) is 28.8 Å². The molecule has 134 valence electrons. The first-order valence-electron chi connectivity index (χ1n) is 8.93. The fourth-order valence-corrected chi connectivity index (χ4v) is 4.33. The van der Waals surface area contributed by atoms with Gasteiger partial charge in [-0.15, -0.1) is 11.3 Å². The van der Waals surface area contributed by atoms with Gasteiger partial charge in [0.2, 0.25) is 0 Å². The first-order chi connectivity index (χ1) is 12.2. The van der Waals surface area contributed by atoms with Crippen LogP contribution in [0, 0.1) is 12.8 Å². The Morgan fingerprint density at radius 2 is 2.28 bits per heavy atom. The van der Waals surface area contributed by atoms with Gasteiger partial charge in [0, 0.05) is 36.7 Å². The standard InChI is InChI=1S/C20H26N2O2S/c1-15-7-11-25-19(15)17-5-2-6-18(12-17)20(24)21-8-10-22-9-3-4-16(13-22)14-23/h2,5-7,11-12,16,23H,3-4,8-10,13-14H2,1H3,(H,21,24)/t16-/m0/s1. The van der Waals surface area contributed by atoms with Crippen molar-refractivity contribution in [3.05, 3.63) is 46.8 Å². The maximum atomic E-state index is 12.4. The monoisotopic (exact) mass is 358 g/mol. The molecule has 1 atom stereocenters. The molecule has 0 radical (unpaired) electrons. The number of nitrogens with one attached hydrogen (secondary N) is 1. The maximum absolute atomic E-state index is 12.4. The lowest BCUT2D eigenvalue weighted by atomic mass is 9.99. The third kappa shape index (κ3) is 4.69. The third-order valence-corrected chi connectivity index (χ3v) is 5.89. The second kappa shape index (κ2) is 8.61. The van der Waals surface area contributed by atoms with Crippen LogP contribution >= 0.6 is 11.3 Å². The minimum absolute atomic E-state index is 0.0215. The van der Waals surface area contributed by atoms with Gasteiger partial charge in [-0.2, -0.15) is 0 Å². The molecule has 25 heavy (non-hydrogen) atoms. The van der Waals surface area contributed by atoms with Crippen molar-refractivity contribution < 1.29 is 9.90 Å². The van der Waals surface area contributed by atoms with E-state index in [0.717, 1.165) is 38.0 Å². The number of thiophene rings is 1. The number of aryl methyl sites for hydroxylation is 1. The number of piperidine rings is 1. The molecular weight excluding hydrogens is 332 g/mol. The average Bonchev–Trinajstić information content (AvgIpc) is 3.08. The molecule has 1 fully saturated rings. The summed E-state index contributed by atoms with van der Waals surface area (Å²) in [5, 5.41) is 14.4. The number of aliphatic hydroxyl groups excluding tert-OH is 1. The molecule has 0 bridgehead atoms. The van der Waals surface area contributed by atoms with Crippen molar-refractivity contribution in [2.45, 2.75) is 19.8 Å². The Bertz CT molecular complexity index is 713. The van der Waals surface area contributed by atoms with Crippen LogP contribution < -0.4 is 5.32 Å². The van der Waals surface area contributed by atoms with Gasteiger partial charge in [0.1, 0.15) is 0 Å². The minimum atomic E-state index is -0.0215. The summed E-state index contributed by atoms with van der Waals surface area (Å²) in [7, 11) is 0. The molecule has 1 aliphatic heterocycles. The summed E-state index contributed by atoms with van der Waals surface area (Å²) >= 11 is 1.70. The van der Waals surface area contributed by atoms with Gasteiger partial charge in [-0.3, -0.25) is 4.79 Å². The second-order valence-electron chi connectivity index (χ2n) is 6.76. The lowest BCUT2D eigenvalue weighted by Gasteiger charge is -2.31. The van der Waals surface area contributed by atoms with Gasteiger partial charge >= 0.3 is 0 Å². The summed E-state index contributed by atoms with van der Waals surface area (Å²) in [6.07, 6.45) is 2.23. The van der Waals surface area contributed by atoms with E-state index in [1.807, 2.05) is 18.2 Å². The van der Waals surface area contributed by atoms with Crippen LogP contribution in [0.2, 0.25) is 0 Å². The number of carbonyl (C=O) groups excluding carboxylic acids is 1. The van der Waals surface area contributed by atoms with Gasteiger partial charge in [0.15, 0.2) is 0 Å². The van der Waals surface area contributed by atoms with E-state index in [1.54, 1.807) is 11.3 Å². The van der Waals surface area contributed by atoms with Crippen molar-refractivity contribution in [1.82, 2.24) is 10.2 Å². The number of aliphatic hydroxyl groups is 1. The van der Waals surface area contributed by atoms with Crippen molar-refractivity contribution in [3.63, 3.8) is 0 Å². The average molecular weight is 359 g/mol. The summed E-state index contributed by atoms with van der Waals surface area (Å²) in [6.45, 7) is 5.82. The Morgan fingerprint density at radius 3 is 3.04 bits per heavy atom. The van der Waals surface area contributed by atoms with E-state index in [4.69, 9.17) is 0 Å². The van der Waals surface area contributed by atoms with Crippen molar-refractivity contribution in [3.8, 4) is 10.4 Å². The van der Waals surface area contributed by atoms with Crippen LogP contribution in [0.3, 0.4) is 0 Å². The van der Waals surface area contributed by atoms with Crippen molar-refractivity contribution in [1.29, 1.82) is 0 Å². The Labute approximate surface area is 153 Å². The minimum Gasteiger partial charge on any atom is -0.396 e. The molecule has 2 aromatic rings. The summed E-state index contributed by atoms with van der Waals surface area (Å²) in [6, 6.07) is 9.94. The molecular formula is C20H26N2O2S. The first-order valence-corrected chi connectivity index (χ1v) is 9.81. The van der Waals surface area contributed by atoms with Crippen LogP contribution in [-0.4, -0.2) is 48.7 Å². The van der Waals surface area contributed by atoms with Crippen molar-refractivity contribution in [2.75, 3.05) is 32.8 Å². The number of amides is 1. The Kier molecular flexibility index (Phi) is 6.24. The number of nitrogens with zero attached hydrogens (tertiary/aromatic N) is 1. The summed E-state index contributed by atoms with van der Waals surface area (Å²) in [5.41, 5.74) is 3.05. The van der Waals surface area contributed by atoms with E-state index < -0.39 is 0 Å². The molecule has 0 unspecified atom stereocenters. The summed E-state index contributed by atoms with van der Waals surface area (Å²) in [4.78, 5) is 16.0. The number of rotatable bonds is 6. The van der Waals surface area contributed by atoms with E-state index in [-0.39, 0.29) is 12.5 Å². The van der Waals surface area contributed by atoms with E-state index in [1.165, 1.54) is 10.4 Å². The van der Waals surface area contributed by atoms with Gasteiger partial charge in [-0.05, 0) is 66.9 Å². The van der Waals surface area contributed by atoms with Gasteiger partial charge in [-0.1, -0.05) is 12.1 Å². The van der Waals surface area contributed by atoms with Crippen molar-refractivity contribution >= 4 is 17.2 Å². The highest BCUT2D eigenvalue weighted by Gasteiger charge is 2.18. The molecule has 0 saturated carbocycles. The molecule has 5 heteroatoms. The molecule has 2 N–H and O–H groups in total. The van der Waals surface area contributed by atoms with Gasteiger partial charge in [0.05, 0.1) is 0 Å². The molecule has 1 aromatic heterocycles. The molecule has 4 nitrogen and oxygen atoms in total. The Balaban J connectivity index is 1.54. The van der Waals surface area contributed by atoms with Crippen LogP contribution in [-0.2, 0) is 0 Å². The smallest absolute Gasteiger partial charge is 0.251 e. The molecule has 2 heterocycles. The molecule has 1 amide bonds. The molecule has 1 saturated heterocycles. The highest BCUT2D eigenvalue weighted by Crippen LogP contribution is 2.29. The van der Waals surface area contributed by atoms with Crippen LogP contribution in [0.15, 0.2) is 35.7 Å². The van der Waals surface area contributed by atoms with Crippen molar-refractivity contribution in [2.24, 2.45) is 5.92 Å². The largest absolute Gasteiger partial charge is 0.396 e. The Hall–Kier alpha value is -1.69. The molecule has 3 rings (SSSR count). The topological polar surface area (TPSA) is 52.6 Å². The lowest BCUT2D eigenvalue weighted by molar-refractivity contribution is 0.0930. The van der Waals surface area contributed by atoms with Crippen LogP contribution in [0.4, 0.5) is 0 Å². The zero-order valence-electron chi connectivity index (χ0n) is 14.7. The quantitative estimate of drug-likeness (QED) is 0.834. The van der Waals surface area contributed by atoms with E-state index in [9.17, 15) is 9.90 Å². The number of carbonyl (C=O) groups is 1. The SMILES string of the molecule is Cc1ccsc1-c1cccc(C(=O)NCCN2CCC[C@H](CO)C2)c1. The molecule has 1 aromatic carbocycles. The highest BCUT2D eigenvalue weighted by molar-refractivity contribution is 7.13. The summed E-state index contributed by atoms with van der Waals surface area (Å²) < 4.78 is 0. The summed E-state index contributed by atoms with van der Waals surface area (Å²) in [5.74, 6) is 0.363. The number of hydrogen-bond donors (Lipinski definition) is 2. The van der Waals surface area contributed by atoms with Gasteiger partial charge in [-0.25, -0.2) is 0 Å². The first kappa shape index (κ1) is 18.1.